The van der Waals surface area contributed by atoms with Gasteiger partial charge in [0, 0.05) is 38.5 Å². The first kappa shape index (κ1) is 24.4. The molecule has 34 heavy (non-hydrogen) atoms. The Labute approximate surface area is 200 Å². The van der Waals surface area contributed by atoms with Crippen LogP contribution in [0, 0.1) is 5.92 Å². The Morgan fingerprint density at radius 2 is 2.12 bits per heavy atom. The minimum absolute atomic E-state index is 0.0421. The molecule has 1 aromatic heterocycles. The summed E-state index contributed by atoms with van der Waals surface area (Å²) in [5.74, 6) is 1.63. The summed E-state index contributed by atoms with van der Waals surface area (Å²) >= 11 is 0. The average molecular weight is 474 g/mol. The van der Waals surface area contributed by atoms with Gasteiger partial charge in [0.25, 0.3) is 0 Å². The summed E-state index contributed by atoms with van der Waals surface area (Å²) in [4.78, 5) is 17.0. The molecule has 10 nitrogen and oxygen atoms in total. The van der Waals surface area contributed by atoms with Crippen molar-refractivity contribution < 1.29 is 24.1 Å². The quantitative estimate of drug-likeness (QED) is 0.676. The number of aryl methyl sites for hydroxylation is 1. The van der Waals surface area contributed by atoms with Gasteiger partial charge in [-0.2, -0.15) is 0 Å². The number of ether oxygens (including phenoxy) is 3. The fourth-order valence-electron chi connectivity index (χ4n) is 4.42. The Balaban J connectivity index is 1.48. The lowest BCUT2D eigenvalue weighted by molar-refractivity contribution is -0.136. The molecule has 10 heteroatoms. The Bertz CT molecular complexity index is 967. The third kappa shape index (κ3) is 6.05. The van der Waals surface area contributed by atoms with Crippen LogP contribution >= 0.6 is 0 Å². The molecule has 2 aliphatic rings. The van der Waals surface area contributed by atoms with E-state index in [4.69, 9.17) is 14.2 Å². The fourth-order valence-corrected chi connectivity index (χ4v) is 4.42. The molecule has 0 saturated carbocycles. The minimum Gasteiger partial charge on any atom is -0.454 e. The van der Waals surface area contributed by atoms with E-state index >= 15 is 0 Å². The van der Waals surface area contributed by atoms with Gasteiger partial charge in [0.1, 0.15) is 5.69 Å². The number of aliphatic hydroxyl groups is 1. The molecular formula is C24H35N5O5. The second kappa shape index (κ2) is 11.2. The van der Waals surface area contributed by atoms with Crippen molar-refractivity contribution in [2.45, 2.75) is 58.5 Å². The Morgan fingerprint density at radius 3 is 2.94 bits per heavy atom. The number of hydrogen-bond acceptors (Lipinski definition) is 8. The zero-order chi connectivity index (χ0) is 24.1. The number of benzene rings is 1. The van der Waals surface area contributed by atoms with E-state index in [1.54, 1.807) is 9.58 Å². The average Bonchev–Trinajstić information content (AvgIpc) is 3.48. The Morgan fingerprint density at radius 1 is 1.29 bits per heavy atom. The zero-order valence-corrected chi connectivity index (χ0v) is 20.2. The van der Waals surface area contributed by atoms with E-state index in [1.807, 2.05) is 31.3 Å². The first-order valence-corrected chi connectivity index (χ1v) is 11.9. The standard InChI is InChI=1S/C24H35N5O5/c1-17-10-29(18(2)14-30)24(31)5-4-8-28-12-20(25-26-28)15-32-23(17)13-27(3)11-19-6-7-21-22(9-19)34-16-33-21/h6-7,9,12,17-18,23,30H,4-5,8,10-11,13-16H2,1-3H3/t17-,18+,23-/m1/s1. The molecule has 2 aliphatic heterocycles. The normalized spacial score (nSPS) is 22.3. The maximum atomic E-state index is 13.0. The first-order valence-electron chi connectivity index (χ1n) is 11.9. The number of amides is 1. The van der Waals surface area contributed by atoms with Crippen molar-refractivity contribution in [1.29, 1.82) is 0 Å². The SMILES string of the molecule is C[C@@H]1CN([C@@H](C)CO)C(=O)CCCn2cc(nn2)CO[C@@H]1CN(C)Cc1ccc2c(c1)OCO2. The number of rotatable bonds is 6. The number of fused-ring (bicyclic) bond motifs is 3. The van der Waals surface area contributed by atoms with E-state index in [2.05, 4.69) is 29.2 Å². The number of hydrogen-bond donors (Lipinski definition) is 1. The van der Waals surface area contributed by atoms with Crippen molar-refractivity contribution in [2.75, 3.05) is 33.5 Å². The highest BCUT2D eigenvalue weighted by Gasteiger charge is 2.28. The molecule has 3 atom stereocenters. The molecule has 0 aliphatic carbocycles. The molecule has 0 saturated heterocycles. The van der Waals surface area contributed by atoms with Gasteiger partial charge in [0.05, 0.1) is 31.6 Å². The largest absolute Gasteiger partial charge is 0.454 e. The first-order chi connectivity index (χ1) is 16.4. The molecule has 186 valence electrons. The van der Waals surface area contributed by atoms with Crippen LogP contribution in [0.1, 0.15) is 37.9 Å². The summed E-state index contributed by atoms with van der Waals surface area (Å²) in [7, 11) is 2.05. The summed E-state index contributed by atoms with van der Waals surface area (Å²) in [5.41, 5.74) is 1.90. The van der Waals surface area contributed by atoms with Crippen molar-refractivity contribution in [3.63, 3.8) is 0 Å². The molecule has 1 amide bonds. The molecular weight excluding hydrogens is 438 g/mol. The van der Waals surface area contributed by atoms with Gasteiger partial charge in [0.2, 0.25) is 12.7 Å². The summed E-state index contributed by atoms with van der Waals surface area (Å²) in [5, 5.41) is 18.1. The second-order valence-corrected chi connectivity index (χ2v) is 9.37. The summed E-state index contributed by atoms with van der Waals surface area (Å²) in [6.07, 6.45) is 2.81. The van der Waals surface area contributed by atoms with Gasteiger partial charge < -0.3 is 24.2 Å². The van der Waals surface area contributed by atoms with Crippen LogP contribution in [-0.2, 0) is 29.2 Å². The minimum atomic E-state index is -0.246. The lowest BCUT2D eigenvalue weighted by Gasteiger charge is -2.35. The molecule has 2 bridgehead atoms. The van der Waals surface area contributed by atoms with Crippen LogP contribution in [0.15, 0.2) is 24.4 Å². The van der Waals surface area contributed by atoms with Crippen molar-refractivity contribution >= 4 is 5.91 Å². The van der Waals surface area contributed by atoms with E-state index in [0.717, 1.165) is 29.3 Å². The van der Waals surface area contributed by atoms with Crippen molar-refractivity contribution in [2.24, 2.45) is 5.92 Å². The van der Waals surface area contributed by atoms with Crippen LogP contribution in [0.3, 0.4) is 0 Å². The summed E-state index contributed by atoms with van der Waals surface area (Å²) in [6.45, 7) is 7.05. The number of likely N-dealkylation sites (N-methyl/N-ethyl adjacent to an activating group) is 1. The van der Waals surface area contributed by atoms with Crippen LogP contribution in [0.25, 0.3) is 0 Å². The van der Waals surface area contributed by atoms with Crippen LogP contribution in [0.5, 0.6) is 11.5 Å². The smallest absolute Gasteiger partial charge is 0.231 e. The third-order valence-electron chi connectivity index (χ3n) is 6.43. The van der Waals surface area contributed by atoms with Gasteiger partial charge in [-0.15, -0.1) is 5.10 Å². The van der Waals surface area contributed by atoms with Gasteiger partial charge in [0.15, 0.2) is 11.5 Å². The number of carbonyl (C=O) groups excluding carboxylic acids is 1. The fraction of sp³-hybridized carbons (Fsp3) is 0.625. The molecule has 0 unspecified atom stereocenters. The van der Waals surface area contributed by atoms with Crippen LogP contribution < -0.4 is 9.47 Å². The molecule has 1 N–H and O–H groups in total. The highest BCUT2D eigenvalue weighted by molar-refractivity contribution is 5.76. The monoisotopic (exact) mass is 473 g/mol. The molecule has 0 radical (unpaired) electrons. The van der Waals surface area contributed by atoms with Gasteiger partial charge in [-0.25, -0.2) is 0 Å². The lowest BCUT2D eigenvalue weighted by Crippen LogP contribution is -2.47. The van der Waals surface area contributed by atoms with E-state index in [1.165, 1.54) is 0 Å². The zero-order valence-electron chi connectivity index (χ0n) is 20.2. The van der Waals surface area contributed by atoms with Crippen LogP contribution in [0.4, 0.5) is 0 Å². The molecule has 1 aromatic carbocycles. The molecule has 2 aromatic rings. The Hall–Kier alpha value is -2.69. The molecule has 0 spiro atoms. The number of aliphatic hydroxyl groups excluding tert-OH is 1. The third-order valence-corrected chi connectivity index (χ3v) is 6.43. The maximum absolute atomic E-state index is 13.0. The molecule has 0 fully saturated rings. The van der Waals surface area contributed by atoms with Crippen molar-refractivity contribution in [3.8, 4) is 11.5 Å². The lowest BCUT2D eigenvalue weighted by atomic mass is 10.0. The second-order valence-electron chi connectivity index (χ2n) is 9.37. The summed E-state index contributed by atoms with van der Waals surface area (Å²) < 4.78 is 19.0. The Kier molecular flexibility index (Phi) is 8.02. The predicted octanol–water partition coefficient (Wildman–Crippen LogP) is 1.66. The van der Waals surface area contributed by atoms with E-state index < -0.39 is 0 Å². The van der Waals surface area contributed by atoms with Crippen LogP contribution in [0.2, 0.25) is 0 Å². The number of carbonyl (C=O) groups is 1. The highest BCUT2D eigenvalue weighted by Crippen LogP contribution is 2.32. The number of aromatic nitrogens is 3. The van der Waals surface area contributed by atoms with Gasteiger partial charge in [-0.05, 0) is 38.1 Å². The van der Waals surface area contributed by atoms with E-state index in [9.17, 15) is 9.90 Å². The topological polar surface area (TPSA) is 102 Å². The van der Waals surface area contributed by atoms with Crippen molar-refractivity contribution in [3.05, 3.63) is 35.7 Å². The highest BCUT2D eigenvalue weighted by atomic mass is 16.7. The molecule has 4 rings (SSSR count). The molecule has 3 heterocycles. The van der Waals surface area contributed by atoms with Gasteiger partial charge in [-0.3, -0.25) is 14.4 Å². The summed E-state index contributed by atoms with van der Waals surface area (Å²) in [6, 6.07) is 5.74. The van der Waals surface area contributed by atoms with Crippen LogP contribution in [-0.4, -0.2) is 81.5 Å². The predicted molar refractivity (Wildman–Crippen MR) is 124 cm³/mol. The number of nitrogens with zero attached hydrogens (tertiary/aromatic N) is 5. The van der Waals surface area contributed by atoms with Crippen molar-refractivity contribution in [1.82, 2.24) is 24.8 Å². The van der Waals surface area contributed by atoms with Gasteiger partial charge >= 0.3 is 0 Å². The van der Waals surface area contributed by atoms with Gasteiger partial charge in [-0.1, -0.05) is 18.2 Å². The maximum Gasteiger partial charge on any atom is 0.231 e. The van der Waals surface area contributed by atoms with E-state index in [-0.39, 0.29) is 37.4 Å². The van der Waals surface area contributed by atoms with E-state index in [0.29, 0.717) is 39.1 Å².